The minimum atomic E-state index is -4.52. The van der Waals surface area contributed by atoms with Crippen molar-refractivity contribution in [1.82, 2.24) is 15.3 Å². The van der Waals surface area contributed by atoms with Crippen molar-refractivity contribution in [3.05, 3.63) is 47.9 Å². The molecule has 1 amide bonds. The molecule has 0 unspecified atom stereocenters. The van der Waals surface area contributed by atoms with Crippen LogP contribution in [0, 0.1) is 0 Å². The molecule has 2 aromatic heterocycles. The summed E-state index contributed by atoms with van der Waals surface area (Å²) >= 11 is 0. The molecule has 0 aliphatic heterocycles. The van der Waals surface area contributed by atoms with E-state index in [9.17, 15) is 18.0 Å². The molecular weight excluding hydrogens is 275 g/mol. The second-order valence-corrected chi connectivity index (χ2v) is 3.95. The number of nitrogens with zero attached hydrogens (tertiary/aromatic N) is 2. The Bertz CT molecular complexity index is 582. The van der Waals surface area contributed by atoms with Gasteiger partial charge < -0.3 is 9.73 Å². The van der Waals surface area contributed by atoms with Gasteiger partial charge in [0.05, 0.1) is 24.4 Å². The minimum absolute atomic E-state index is 0.0532. The zero-order valence-electron chi connectivity index (χ0n) is 10.1. The Morgan fingerprint density at radius 1 is 1.30 bits per heavy atom. The third kappa shape index (κ3) is 3.81. The van der Waals surface area contributed by atoms with Crippen LogP contribution in [0.5, 0.6) is 0 Å². The van der Waals surface area contributed by atoms with Crippen LogP contribution in [0.1, 0.15) is 17.1 Å². The Morgan fingerprint density at radius 3 is 2.75 bits per heavy atom. The first-order valence-corrected chi connectivity index (χ1v) is 5.62. The van der Waals surface area contributed by atoms with Gasteiger partial charge in [-0.25, -0.2) is 9.97 Å². The van der Waals surface area contributed by atoms with E-state index in [0.29, 0.717) is 5.69 Å². The first kappa shape index (κ1) is 14.0. The minimum Gasteiger partial charge on any atom is -0.451 e. The molecular formula is C12H10F3N3O2. The van der Waals surface area contributed by atoms with E-state index in [-0.39, 0.29) is 18.7 Å². The fraction of sp³-hybridized carbons (Fsp3) is 0.250. The lowest BCUT2D eigenvalue weighted by molar-refractivity contribution is -0.141. The highest BCUT2D eigenvalue weighted by atomic mass is 19.4. The molecule has 5 nitrogen and oxygen atoms in total. The van der Waals surface area contributed by atoms with Gasteiger partial charge in [0.2, 0.25) is 5.91 Å². The number of nitrogens with one attached hydrogen (secondary N) is 1. The molecule has 8 heteroatoms. The maximum atomic E-state index is 12.5. The molecule has 0 saturated heterocycles. The summed E-state index contributed by atoms with van der Waals surface area (Å²) in [5.41, 5.74) is -0.438. The summed E-state index contributed by atoms with van der Waals surface area (Å²) in [6.07, 6.45) is -2.17. The number of oxazole rings is 1. The van der Waals surface area contributed by atoms with E-state index in [1.165, 1.54) is 24.8 Å². The first-order chi connectivity index (χ1) is 9.45. The molecule has 2 aromatic rings. The van der Waals surface area contributed by atoms with E-state index >= 15 is 0 Å². The highest BCUT2D eigenvalue weighted by Gasteiger charge is 2.32. The van der Waals surface area contributed by atoms with E-state index in [2.05, 4.69) is 15.3 Å². The van der Waals surface area contributed by atoms with E-state index in [1.807, 2.05) is 0 Å². The molecule has 0 saturated carbocycles. The number of pyridine rings is 1. The van der Waals surface area contributed by atoms with Gasteiger partial charge >= 0.3 is 6.18 Å². The van der Waals surface area contributed by atoms with Crippen LogP contribution in [-0.2, 0) is 23.9 Å². The maximum Gasteiger partial charge on any atom is 0.433 e. The van der Waals surface area contributed by atoms with Gasteiger partial charge in [-0.2, -0.15) is 13.2 Å². The summed E-state index contributed by atoms with van der Waals surface area (Å²) < 4.78 is 42.1. The molecule has 2 heterocycles. The van der Waals surface area contributed by atoms with Gasteiger partial charge in [0.15, 0.2) is 6.39 Å². The number of amides is 1. The van der Waals surface area contributed by atoms with Crippen LogP contribution in [0.15, 0.2) is 35.3 Å². The lowest BCUT2D eigenvalue weighted by Crippen LogP contribution is -2.25. The van der Waals surface area contributed by atoms with Crippen molar-refractivity contribution in [2.24, 2.45) is 0 Å². The third-order valence-electron chi connectivity index (χ3n) is 2.39. The van der Waals surface area contributed by atoms with Crippen molar-refractivity contribution in [2.45, 2.75) is 19.1 Å². The number of halogens is 3. The quantitative estimate of drug-likeness (QED) is 0.932. The Kier molecular flexibility index (Phi) is 4.02. The van der Waals surface area contributed by atoms with Gasteiger partial charge in [0, 0.05) is 0 Å². The summed E-state index contributed by atoms with van der Waals surface area (Å²) in [5.74, 6) is -0.445. The summed E-state index contributed by atoms with van der Waals surface area (Å²) in [6, 6.07) is 3.44. The normalized spacial score (nSPS) is 11.3. The Labute approximate surface area is 111 Å². The second kappa shape index (κ2) is 5.72. The predicted molar refractivity (Wildman–Crippen MR) is 61.3 cm³/mol. The van der Waals surface area contributed by atoms with E-state index < -0.39 is 17.8 Å². The second-order valence-electron chi connectivity index (χ2n) is 3.95. The molecule has 106 valence electrons. The molecule has 0 radical (unpaired) electrons. The van der Waals surface area contributed by atoms with Gasteiger partial charge in [-0.15, -0.1) is 0 Å². The lowest BCUT2D eigenvalue weighted by atomic mass is 10.2. The van der Waals surface area contributed by atoms with Crippen LogP contribution in [0.2, 0.25) is 0 Å². The predicted octanol–water partition coefficient (Wildman–Crippen LogP) is 1.95. The van der Waals surface area contributed by atoms with Crippen LogP contribution in [0.4, 0.5) is 13.2 Å². The number of carbonyl (C=O) groups is 1. The largest absolute Gasteiger partial charge is 0.451 e. The van der Waals surface area contributed by atoms with Gasteiger partial charge in [-0.3, -0.25) is 4.79 Å². The van der Waals surface area contributed by atoms with E-state index in [4.69, 9.17) is 4.42 Å². The van der Waals surface area contributed by atoms with Gasteiger partial charge in [-0.05, 0) is 12.1 Å². The topological polar surface area (TPSA) is 68.0 Å². The summed E-state index contributed by atoms with van der Waals surface area (Å²) in [7, 11) is 0. The smallest absolute Gasteiger partial charge is 0.433 e. The zero-order chi connectivity index (χ0) is 14.6. The standard InChI is InChI=1S/C12H10F3N3O2/c13-12(14,15)10-3-1-2-8(18-10)4-11(19)16-5-9-6-20-7-17-9/h1-3,6-7H,4-5H2,(H,16,19). The SMILES string of the molecule is O=C(Cc1cccc(C(F)(F)F)n1)NCc1cocn1. The summed E-state index contributed by atoms with van der Waals surface area (Å²) in [4.78, 5) is 18.8. The first-order valence-electron chi connectivity index (χ1n) is 5.62. The van der Waals surface area contributed by atoms with Crippen LogP contribution >= 0.6 is 0 Å². The maximum absolute atomic E-state index is 12.5. The Hall–Kier alpha value is -2.38. The van der Waals surface area contributed by atoms with Crippen molar-refractivity contribution in [3.63, 3.8) is 0 Å². The molecule has 0 spiro atoms. The molecule has 0 atom stereocenters. The Balaban J connectivity index is 1.94. The Morgan fingerprint density at radius 2 is 2.10 bits per heavy atom. The van der Waals surface area contributed by atoms with Crippen molar-refractivity contribution < 1.29 is 22.4 Å². The summed E-state index contributed by atoms with van der Waals surface area (Å²) in [5, 5.41) is 2.51. The van der Waals surface area contributed by atoms with Crippen molar-refractivity contribution >= 4 is 5.91 Å². The number of rotatable bonds is 4. The van der Waals surface area contributed by atoms with Crippen LogP contribution in [-0.4, -0.2) is 15.9 Å². The van der Waals surface area contributed by atoms with E-state index in [1.54, 1.807) is 0 Å². The van der Waals surface area contributed by atoms with Crippen molar-refractivity contribution in [1.29, 1.82) is 0 Å². The molecule has 2 rings (SSSR count). The van der Waals surface area contributed by atoms with E-state index in [0.717, 1.165) is 6.07 Å². The fourth-order valence-corrected chi connectivity index (χ4v) is 1.48. The number of carbonyl (C=O) groups excluding carboxylic acids is 1. The number of aromatic nitrogens is 2. The lowest BCUT2D eigenvalue weighted by Gasteiger charge is -2.07. The third-order valence-corrected chi connectivity index (χ3v) is 2.39. The molecule has 1 N–H and O–H groups in total. The summed E-state index contributed by atoms with van der Waals surface area (Å²) in [6.45, 7) is 0.147. The zero-order valence-corrected chi connectivity index (χ0v) is 10.1. The van der Waals surface area contributed by atoms with Gasteiger partial charge in [0.1, 0.15) is 12.0 Å². The van der Waals surface area contributed by atoms with Crippen LogP contribution in [0.25, 0.3) is 0 Å². The van der Waals surface area contributed by atoms with Crippen LogP contribution in [0.3, 0.4) is 0 Å². The molecule has 0 fully saturated rings. The molecule has 0 bridgehead atoms. The van der Waals surface area contributed by atoms with Gasteiger partial charge in [0.25, 0.3) is 0 Å². The number of hydrogen-bond acceptors (Lipinski definition) is 4. The molecule has 0 aliphatic rings. The van der Waals surface area contributed by atoms with Crippen molar-refractivity contribution in [2.75, 3.05) is 0 Å². The molecule has 0 aromatic carbocycles. The number of hydrogen-bond donors (Lipinski definition) is 1. The monoisotopic (exact) mass is 285 g/mol. The van der Waals surface area contributed by atoms with Crippen molar-refractivity contribution in [3.8, 4) is 0 Å². The highest BCUT2D eigenvalue weighted by Crippen LogP contribution is 2.27. The number of alkyl halides is 3. The average Bonchev–Trinajstić information content (AvgIpc) is 2.89. The average molecular weight is 285 g/mol. The van der Waals surface area contributed by atoms with Gasteiger partial charge in [-0.1, -0.05) is 6.07 Å². The molecule has 20 heavy (non-hydrogen) atoms. The fourth-order valence-electron chi connectivity index (χ4n) is 1.48. The molecule has 0 aliphatic carbocycles. The van der Waals surface area contributed by atoms with Crippen LogP contribution < -0.4 is 5.32 Å². The highest BCUT2D eigenvalue weighted by molar-refractivity contribution is 5.78.